The molecule has 2 aliphatic rings. The van der Waals surface area contributed by atoms with E-state index in [0.29, 0.717) is 0 Å². The van der Waals surface area contributed by atoms with Gasteiger partial charge in [-0.05, 0) is 131 Å². The number of hydrogen-bond donors (Lipinski definition) is 0. The van der Waals surface area contributed by atoms with E-state index in [1.807, 2.05) is 0 Å². The van der Waals surface area contributed by atoms with Crippen molar-refractivity contribution >= 4 is 17.1 Å². The van der Waals surface area contributed by atoms with Crippen LogP contribution in [-0.4, -0.2) is 0 Å². The second kappa shape index (κ2) is 15.9. The molecule has 0 amide bonds. The van der Waals surface area contributed by atoms with Crippen LogP contribution >= 0.6 is 0 Å². The zero-order valence-corrected chi connectivity index (χ0v) is 38.5. The first kappa shape index (κ1) is 40.5. The van der Waals surface area contributed by atoms with Crippen LogP contribution in [0.25, 0.3) is 77.9 Å². The Morgan fingerprint density at radius 2 is 0.642 bits per heavy atom. The molecule has 320 valence electrons. The van der Waals surface area contributed by atoms with E-state index in [-0.39, 0.29) is 10.8 Å². The molecule has 12 rings (SSSR count). The van der Waals surface area contributed by atoms with Gasteiger partial charge in [-0.1, -0.05) is 228 Å². The second-order valence-corrected chi connectivity index (χ2v) is 19.3. The van der Waals surface area contributed by atoms with Crippen LogP contribution in [0.5, 0.6) is 0 Å². The number of hydrogen-bond acceptors (Lipinski definition) is 1. The Hall–Kier alpha value is -8.00. The van der Waals surface area contributed by atoms with Gasteiger partial charge in [0.05, 0.1) is 5.69 Å². The van der Waals surface area contributed by atoms with Crippen LogP contribution in [0.3, 0.4) is 0 Å². The summed E-state index contributed by atoms with van der Waals surface area (Å²) in [6, 6.07) is 87.4. The van der Waals surface area contributed by atoms with Gasteiger partial charge in [0.25, 0.3) is 0 Å². The van der Waals surface area contributed by atoms with Crippen molar-refractivity contribution in [2.75, 3.05) is 4.90 Å². The number of fused-ring (bicyclic) bond motifs is 6. The lowest BCUT2D eigenvalue weighted by molar-refractivity contribution is 0.660. The number of nitrogens with zero attached hydrogens (tertiary/aromatic N) is 1. The molecule has 0 aromatic heterocycles. The van der Waals surface area contributed by atoms with E-state index in [1.54, 1.807) is 0 Å². The van der Waals surface area contributed by atoms with E-state index < -0.39 is 0 Å². The van der Waals surface area contributed by atoms with Crippen LogP contribution in [0.1, 0.15) is 49.9 Å². The van der Waals surface area contributed by atoms with E-state index >= 15 is 0 Å². The maximum absolute atomic E-state index is 2.45. The fourth-order valence-electron chi connectivity index (χ4n) is 11.3. The third-order valence-corrected chi connectivity index (χ3v) is 14.7. The minimum atomic E-state index is -0.162. The fraction of sp³-hybridized carbons (Fsp3) is 0.0909. The van der Waals surface area contributed by atoms with Gasteiger partial charge in [0.1, 0.15) is 0 Å². The highest BCUT2D eigenvalue weighted by molar-refractivity contribution is 5.95. The Balaban J connectivity index is 0.961. The van der Waals surface area contributed by atoms with Gasteiger partial charge in [-0.3, -0.25) is 0 Å². The molecule has 0 saturated heterocycles. The zero-order valence-electron chi connectivity index (χ0n) is 38.5. The van der Waals surface area contributed by atoms with Crippen molar-refractivity contribution < 1.29 is 0 Å². The molecule has 0 atom stereocenters. The summed E-state index contributed by atoms with van der Waals surface area (Å²) in [5.74, 6) is 0. The van der Waals surface area contributed by atoms with Gasteiger partial charge in [0.15, 0.2) is 0 Å². The predicted molar refractivity (Wildman–Crippen MR) is 283 cm³/mol. The molecule has 10 aromatic rings. The molecular weight excluding hydrogens is 807 g/mol. The molecule has 0 heterocycles. The first-order chi connectivity index (χ1) is 32.8. The molecule has 0 bridgehead atoms. The van der Waals surface area contributed by atoms with Crippen LogP contribution in [0, 0.1) is 0 Å². The molecule has 1 nitrogen and oxygen atoms in total. The fourth-order valence-corrected chi connectivity index (χ4v) is 11.3. The minimum Gasteiger partial charge on any atom is -0.310 e. The van der Waals surface area contributed by atoms with Gasteiger partial charge in [-0.15, -0.1) is 0 Å². The number of rotatable bonds is 8. The third kappa shape index (κ3) is 6.68. The molecule has 0 spiro atoms. The van der Waals surface area contributed by atoms with E-state index in [2.05, 4.69) is 269 Å². The first-order valence-corrected chi connectivity index (χ1v) is 23.6. The number of para-hydroxylation sites is 1. The second-order valence-electron chi connectivity index (χ2n) is 19.3. The number of anilines is 3. The summed E-state index contributed by atoms with van der Waals surface area (Å²) in [4.78, 5) is 2.45. The van der Waals surface area contributed by atoms with Crippen molar-refractivity contribution in [2.24, 2.45) is 0 Å². The monoisotopic (exact) mass is 857 g/mol. The van der Waals surface area contributed by atoms with Crippen LogP contribution < -0.4 is 4.90 Å². The Kier molecular flexibility index (Phi) is 9.59. The van der Waals surface area contributed by atoms with Crippen molar-refractivity contribution in [3.8, 4) is 77.9 Å². The van der Waals surface area contributed by atoms with Crippen molar-refractivity contribution in [1.29, 1.82) is 0 Å². The van der Waals surface area contributed by atoms with Crippen molar-refractivity contribution in [3.05, 3.63) is 259 Å². The number of benzene rings is 10. The first-order valence-electron chi connectivity index (χ1n) is 23.6. The van der Waals surface area contributed by atoms with Gasteiger partial charge in [0.2, 0.25) is 0 Å². The average Bonchev–Trinajstić information content (AvgIpc) is 3.76. The summed E-state index contributed by atoms with van der Waals surface area (Å²) in [7, 11) is 0. The maximum atomic E-state index is 2.45. The highest BCUT2D eigenvalue weighted by Crippen LogP contribution is 2.54. The molecule has 1 heteroatoms. The molecule has 0 unspecified atom stereocenters. The van der Waals surface area contributed by atoms with Gasteiger partial charge in [-0.25, -0.2) is 0 Å². The Morgan fingerprint density at radius 3 is 1.27 bits per heavy atom. The van der Waals surface area contributed by atoms with Crippen LogP contribution in [0.2, 0.25) is 0 Å². The molecule has 0 N–H and O–H groups in total. The van der Waals surface area contributed by atoms with Crippen molar-refractivity contribution in [1.82, 2.24) is 0 Å². The normalized spacial score (nSPS) is 13.6. The lowest BCUT2D eigenvalue weighted by atomic mass is 9.78. The van der Waals surface area contributed by atoms with Crippen LogP contribution in [0.15, 0.2) is 237 Å². The standard InChI is InChI=1S/C66H51N/c1-65(2)60-26-13-10-21-54(60)56-42-37-49(43-62(56)65)46-33-38-50(39-34-46)67(63-28-15-12-23-57(63)59-25-16-24-58-55-22-11-14-27-61(55)66(3,4)64(58)59)51-40-35-48(36-41-51)53-20-9-8-19-52(53)47-31-29-45(30-32-47)44-17-6-5-7-18-44/h5-43H,1-4H3. The topological polar surface area (TPSA) is 3.24 Å². The van der Waals surface area contributed by atoms with E-state index in [9.17, 15) is 0 Å². The molecule has 0 aliphatic heterocycles. The van der Waals surface area contributed by atoms with Crippen LogP contribution in [0.4, 0.5) is 17.1 Å². The lowest BCUT2D eigenvalue weighted by Crippen LogP contribution is -2.17. The van der Waals surface area contributed by atoms with Gasteiger partial charge in [0, 0.05) is 27.8 Å². The average molecular weight is 858 g/mol. The summed E-state index contributed by atoms with van der Waals surface area (Å²) in [5.41, 5.74) is 26.2. The summed E-state index contributed by atoms with van der Waals surface area (Å²) in [6.07, 6.45) is 0. The molecule has 67 heavy (non-hydrogen) atoms. The molecular formula is C66H51N. The Bertz CT molecular complexity index is 3480. The van der Waals surface area contributed by atoms with Crippen molar-refractivity contribution in [3.63, 3.8) is 0 Å². The van der Waals surface area contributed by atoms with E-state index in [4.69, 9.17) is 0 Å². The highest BCUT2D eigenvalue weighted by Gasteiger charge is 2.38. The van der Waals surface area contributed by atoms with Crippen molar-refractivity contribution in [2.45, 2.75) is 38.5 Å². The van der Waals surface area contributed by atoms with Gasteiger partial charge < -0.3 is 4.90 Å². The third-order valence-electron chi connectivity index (χ3n) is 14.7. The summed E-state index contributed by atoms with van der Waals surface area (Å²) < 4.78 is 0. The summed E-state index contributed by atoms with van der Waals surface area (Å²) in [5, 5.41) is 0. The molecule has 0 saturated carbocycles. The quantitative estimate of drug-likeness (QED) is 0.147. The Labute approximate surface area is 395 Å². The van der Waals surface area contributed by atoms with Gasteiger partial charge >= 0.3 is 0 Å². The molecule has 10 aromatic carbocycles. The largest absolute Gasteiger partial charge is 0.310 e. The zero-order chi connectivity index (χ0) is 45.3. The molecule has 2 aliphatic carbocycles. The highest BCUT2D eigenvalue weighted by atomic mass is 15.1. The maximum Gasteiger partial charge on any atom is 0.0540 e. The minimum absolute atomic E-state index is 0.0599. The SMILES string of the molecule is CC1(C)c2ccccc2-c2ccc(-c3ccc(N(c4ccc(-c5ccccc5-c5ccc(-c6ccccc6)cc5)cc4)c4ccccc4-c4cccc5c4C(C)(C)c4ccccc4-5)cc3)cc21. The van der Waals surface area contributed by atoms with Crippen LogP contribution in [-0.2, 0) is 10.8 Å². The predicted octanol–water partition coefficient (Wildman–Crippen LogP) is 18.1. The van der Waals surface area contributed by atoms with E-state index in [0.717, 1.165) is 17.1 Å². The molecule has 0 radical (unpaired) electrons. The molecule has 0 fully saturated rings. The lowest BCUT2D eigenvalue weighted by Gasteiger charge is -2.30. The van der Waals surface area contributed by atoms with Gasteiger partial charge in [-0.2, -0.15) is 0 Å². The summed E-state index contributed by atoms with van der Waals surface area (Å²) >= 11 is 0. The summed E-state index contributed by atoms with van der Waals surface area (Å²) in [6.45, 7) is 9.48. The Morgan fingerprint density at radius 1 is 0.254 bits per heavy atom. The smallest absolute Gasteiger partial charge is 0.0540 e. The van der Waals surface area contributed by atoms with E-state index in [1.165, 1.54) is 100 Å².